The highest BCUT2D eigenvalue weighted by atomic mass is 16.6. The Morgan fingerprint density at radius 1 is 1.32 bits per heavy atom. The van der Waals surface area contributed by atoms with Crippen molar-refractivity contribution in [2.75, 3.05) is 0 Å². The predicted octanol–water partition coefficient (Wildman–Crippen LogP) is 2.37. The van der Waals surface area contributed by atoms with Gasteiger partial charge in [-0.15, -0.1) is 0 Å². The second kappa shape index (κ2) is 6.08. The molecule has 1 N–H and O–H groups in total. The summed E-state index contributed by atoms with van der Waals surface area (Å²) >= 11 is 0. The molecule has 2 rings (SSSR count). The summed E-state index contributed by atoms with van der Waals surface area (Å²) < 4.78 is 5.35. The van der Waals surface area contributed by atoms with E-state index >= 15 is 0 Å². The number of nitrogens with zero attached hydrogens (tertiary/aromatic N) is 1. The van der Waals surface area contributed by atoms with Crippen LogP contribution >= 0.6 is 0 Å². The molecule has 120 valence electrons. The van der Waals surface area contributed by atoms with Gasteiger partial charge in [0, 0.05) is 0 Å². The number of rotatable bonds is 4. The molecule has 0 aromatic heterocycles. The number of aliphatic hydroxyl groups excluding tert-OH is 1. The highest BCUT2D eigenvalue weighted by Gasteiger charge is 2.51. The van der Waals surface area contributed by atoms with Crippen molar-refractivity contribution in [2.45, 2.75) is 51.9 Å². The summed E-state index contributed by atoms with van der Waals surface area (Å²) in [6.07, 6.45) is -1.40. The van der Waals surface area contributed by atoms with Crippen LogP contribution in [-0.2, 0) is 16.0 Å². The number of amides is 2. The van der Waals surface area contributed by atoms with Crippen LogP contribution in [0.25, 0.3) is 0 Å². The lowest BCUT2D eigenvalue weighted by molar-refractivity contribution is -0.140. The van der Waals surface area contributed by atoms with Crippen LogP contribution in [0.1, 0.15) is 33.3 Å². The second-order valence-electron chi connectivity index (χ2n) is 6.57. The lowest BCUT2D eigenvalue weighted by atomic mass is 9.91. The van der Waals surface area contributed by atoms with E-state index in [1.165, 1.54) is 0 Å². The molecular formula is C17H23NO4. The third-order valence-electron chi connectivity index (χ3n) is 4.06. The zero-order valence-electron chi connectivity index (χ0n) is 13.4. The molecule has 2 atom stereocenters. The van der Waals surface area contributed by atoms with Gasteiger partial charge in [-0.1, -0.05) is 44.2 Å². The van der Waals surface area contributed by atoms with Gasteiger partial charge in [-0.3, -0.25) is 4.79 Å². The topological polar surface area (TPSA) is 66.8 Å². The van der Waals surface area contributed by atoms with Crippen molar-refractivity contribution in [1.29, 1.82) is 0 Å². The number of imide groups is 1. The minimum atomic E-state index is -1.21. The van der Waals surface area contributed by atoms with Gasteiger partial charge >= 0.3 is 6.09 Å². The van der Waals surface area contributed by atoms with E-state index in [1.807, 2.05) is 30.3 Å². The molecule has 1 saturated heterocycles. The summed E-state index contributed by atoms with van der Waals surface area (Å²) in [5.41, 5.74) is 0.218. The smallest absolute Gasteiger partial charge is 0.417 e. The van der Waals surface area contributed by atoms with Gasteiger partial charge in [0.2, 0.25) is 0 Å². The molecule has 1 fully saturated rings. The highest BCUT2D eigenvalue weighted by Crippen LogP contribution is 2.32. The van der Waals surface area contributed by atoms with E-state index < -0.39 is 29.7 Å². The Morgan fingerprint density at radius 2 is 1.91 bits per heavy atom. The van der Waals surface area contributed by atoms with Gasteiger partial charge in [-0.05, 0) is 31.7 Å². The van der Waals surface area contributed by atoms with Gasteiger partial charge in [0.1, 0.15) is 11.7 Å². The maximum absolute atomic E-state index is 12.5. The number of carbonyl (C=O) groups excluding carboxylic acids is 2. The predicted molar refractivity (Wildman–Crippen MR) is 82.2 cm³/mol. The summed E-state index contributed by atoms with van der Waals surface area (Å²) in [5, 5.41) is 10.0. The van der Waals surface area contributed by atoms with Crippen molar-refractivity contribution in [2.24, 2.45) is 5.92 Å². The normalized spacial score (nSPS) is 21.8. The lowest BCUT2D eigenvalue weighted by Crippen LogP contribution is -2.50. The molecule has 2 amide bonds. The molecule has 1 aromatic carbocycles. The number of hydrogen-bond acceptors (Lipinski definition) is 4. The Morgan fingerprint density at radius 3 is 2.45 bits per heavy atom. The monoisotopic (exact) mass is 305 g/mol. The molecule has 5 heteroatoms. The molecular weight excluding hydrogens is 282 g/mol. The van der Waals surface area contributed by atoms with Crippen LogP contribution in [0.15, 0.2) is 30.3 Å². The van der Waals surface area contributed by atoms with E-state index in [0.29, 0.717) is 6.42 Å². The van der Waals surface area contributed by atoms with E-state index in [2.05, 4.69) is 0 Å². The molecule has 0 radical (unpaired) electrons. The maximum atomic E-state index is 12.5. The Bertz CT molecular complexity index is 553. The maximum Gasteiger partial charge on any atom is 0.417 e. The van der Waals surface area contributed by atoms with E-state index in [0.717, 1.165) is 10.5 Å². The van der Waals surface area contributed by atoms with Crippen LogP contribution in [0.2, 0.25) is 0 Å². The van der Waals surface area contributed by atoms with Gasteiger partial charge in [0.25, 0.3) is 5.91 Å². The first-order chi connectivity index (χ1) is 10.2. The van der Waals surface area contributed by atoms with Gasteiger partial charge in [-0.25, -0.2) is 9.69 Å². The Labute approximate surface area is 130 Å². The molecule has 5 nitrogen and oxygen atoms in total. The van der Waals surface area contributed by atoms with Crippen molar-refractivity contribution < 1.29 is 19.4 Å². The average Bonchev–Trinajstić information content (AvgIpc) is 2.67. The summed E-state index contributed by atoms with van der Waals surface area (Å²) in [6.45, 7) is 7.05. The van der Waals surface area contributed by atoms with Crippen molar-refractivity contribution in [3.05, 3.63) is 35.9 Å². The largest absolute Gasteiger partial charge is 0.441 e. The van der Waals surface area contributed by atoms with Crippen molar-refractivity contribution in [3.63, 3.8) is 0 Å². The van der Waals surface area contributed by atoms with Crippen LogP contribution < -0.4 is 0 Å². The van der Waals surface area contributed by atoms with Crippen molar-refractivity contribution in [3.8, 4) is 0 Å². The third-order valence-corrected chi connectivity index (χ3v) is 4.06. The van der Waals surface area contributed by atoms with Crippen LogP contribution in [0, 0.1) is 5.92 Å². The molecule has 0 saturated carbocycles. The molecule has 1 aliphatic heterocycles. The van der Waals surface area contributed by atoms with E-state index in [9.17, 15) is 14.7 Å². The fourth-order valence-electron chi connectivity index (χ4n) is 2.63. The zero-order chi connectivity index (χ0) is 16.5. The number of cyclic esters (lactones) is 1. The number of hydrogen-bond donors (Lipinski definition) is 1. The highest BCUT2D eigenvalue weighted by molar-refractivity contribution is 5.96. The Hall–Kier alpha value is -1.88. The second-order valence-corrected chi connectivity index (χ2v) is 6.57. The summed E-state index contributed by atoms with van der Waals surface area (Å²) in [7, 11) is 0. The summed E-state index contributed by atoms with van der Waals surface area (Å²) in [5.74, 6) is -0.854. The van der Waals surface area contributed by atoms with E-state index in [4.69, 9.17) is 4.74 Å². The van der Waals surface area contributed by atoms with Crippen molar-refractivity contribution >= 4 is 12.0 Å². The quantitative estimate of drug-likeness (QED) is 0.927. The Kier molecular flexibility index (Phi) is 4.56. The number of aliphatic hydroxyl groups is 1. The lowest BCUT2D eigenvalue weighted by Gasteiger charge is -2.29. The first kappa shape index (κ1) is 16.5. The zero-order valence-corrected chi connectivity index (χ0v) is 13.4. The molecule has 1 aliphatic rings. The first-order valence-electron chi connectivity index (χ1n) is 7.52. The SMILES string of the molecule is CC(C)[C@H](O)C(=O)N1C(=O)OC(C)(C)[C@@H]1Cc1ccccc1. The number of carbonyl (C=O) groups is 2. The van der Waals surface area contributed by atoms with Crippen LogP contribution in [-0.4, -0.2) is 39.8 Å². The summed E-state index contributed by atoms with van der Waals surface area (Å²) in [6, 6.07) is 9.18. The van der Waals surface area contributed by atoms with Crippen molar-refractivity contribution in [1.82, 2.24) is 4.90 Å². The van der Waals surface area contributed by atoms with Gasteiger partial charge in [0.15, 0.2) is 0 Å². The van der Waals surface area contributed by atoms with Gasteiger partial charge < -0.3 is 9.84 Å². The van der Waals surface area contributed by atoms with Gasteiger partial charge in [-0.2, -0.15) is 0 Å². The number of ether oxygens (including phenoxy) is 1. The Balaban J connectivity index is 2.29. The third kappa shape index (κ3) is 3.14. The molecule has 0 spiro atoms. The minimum absolute atomic E-state index is 0.263. The molecule has 1 aromatic rings. The summed E-state index contributed by atoms with van der Waals surface area (Å²) in [4.78, 5) is 25.7. The first-order valence-corrected chi connectivity index (χ1v) is 7.52. The fourth-order valence-corrected chi connectivity index (χ4v) is 2.63. The molecule has 0 unspecified atom stereocenters. The van der Waals surface area contributed by atoms with Gasteiger partial charge in [0.05, 0.1) is 6.04 Å². The minimum Gasteiger partial charge on any atom is -0.441 e. The molecule has 0 bridgehead atoms. The van der Waals surface area contributed by atoms with Crippen LogP contribution in [0.4, 0.5) is 4.79 Å². The van der Waals surface area contributed by atoms with Crippen LogP contribution in [0.3, 0.4) is 0 Å². The fraction of sp³-hybridized carbons (Fsp3) is 0.529. The molecule has 1 heterocycles. The average molecular weight is 305 g/mol. The number of benzene rings is 1. The standard InChI is InChI=1S/C17H23NO4/c1-11(2)14(19)15(20)18-13(17(3,4)22-16(18)21)10-12-8-6-5-7-9-12/h5-9,11,13-14,19H,10H2,1-4H3/t13-,14-/m0/s1. The van der Waals surface area contributed by atoms with E-state index in [1.54, 1.807) is 27.7 Å². The van der Waals surface area contributed by atoms with E-state index in [-0.39, 0.29) is 5.92 Å². The molecule has 0 aliphatic carbocycles. The van der Waals surface area contributed by atoms with Crippen LogP contribution in [0.5, 0.6) is 0 Å². The molecule has 22 heavy (non-hydrogen) atoms.